The van der Waals surface area contributed by atoms with Gasteiger partial charge in [0.05, 0.1) is 9.82 Å². The molecule has 1 saturated heterocycles. The average molecular weight is 348 g/mol. The maximum atomic E-state index is 12.5. The molecule has 1 aromatic carbocycles. The van der Waals surface area contributed by atoms with Crippen LogP contribution in [0.5, 0.6) is 0 Å². The second-order valence-electron chi connectivity index (χ2n) is 5.29. The molecule has 0 bridgehead atoms. The highest BCUT2D eigenvalue weighted by atomic mass is 32.2. The molecule has 23 heavy (non-hydrogen) atoms. The molecule has 1 aliphatic rings. The lowest BCUT2D eigenvalue weighted by Crippen LogP contribution is -2.61. The minimum absolute atomic E-state index is 0.0666. The van der Waals surface area contributed by atoms with Gasteiger partial charge in [-0.05, 0) is 18.6 Å². The van der Waals surface area contributed by atoms with Gasteiger partial charge in [0.15, 0.2) is 0 Å². The molecule has 0 aromatic heterocycles. The summed E-state index contributed by atoms with van der Waals surface area (Å²) in [5, 5.41) is 21.2. The van der Waals surface area contributed by atoms with E-state index in [0.29, 0.717) is 12.5 Å². The SMILES string of the molecule is C=CCC1(O)CN(c2ccc(S(=O)(=O)C(F)F)cc2[N+](=O)[O-])C1. The molecule has 0 amide bonds. The standard InChI is InChI=1S/C13H14F2N2O5S/c1-2-5-13(18)7-16(8-13)10-4-3-9(6-11(10)17(19)20)23(21,22)12(14)15/h2-4,6,12,18H,1,5,7-8H2. The predicted octanol–water partition coefficient (Wildman–Crippen LogP) is 1.72. The predicted molar refractivity (Wildman–Crippen MR) is 78.3 cm³/mol. The fourth-order valence-corrected chi connectivity index (χ4v) is 3.17. The molecule has 0 unspecified atom stereocenters. The van der Waals surface area contributed by atoms with Gasteiger partial charge in [-0.15, -0.1) is 6.58 Å². The number of nitro benzene ring substituents is 1. The van der Waals surface area contributed by atoms with E-state index in [1.54, 1.807) is 0 Å². The van der Waals surface area contributed by atoms with Crippen LogP contribution in [0, 0.1) is 10.1 Å². The minimum Gasteiger partial charge on any atom is -0.386 e. The van der Waals surface area contributed by atoms with E-state index in [9.17, 15) is 32.4 Å². The maximum absolute atomic E-state index is 12.5. The van der Waals surface area contributed by atoms with Gasteiger partial charge >= 0.3 is 5.76 Å². The Balaban J connectivity index is 2.37. The fraction of sp³-hybridized carbons (Fsp3) is 0.385. The van der Waals surface area contributed by atoms with Gasteiger partial charge in [-0.3, -0.25) is 10.1 Å². The van der Waals surface area contributed by atoms with Gasteiger partial charge < -0.3 is 10.0 Å². The fourth-order valence-electron chi connectivity index (χ4n) is 2.43. The van der Waals surface area contributed by atoms with E-state index < -0.39 is 36.7 Å². The molecule has 1 fully saturated rings. The van der Waals surface area contributed by atoms with Crippen molar-refractivity contribution in [3.05, 3.63) is 41.0 Å². The highest BCUT2D eigenvalue weighted by molar-refractivity contribution is 7.91. The van der Waals surface area contributed by atoms with Crippen molar-refractivity contribution in [2.24, 2.45) is 0 Å². The largest absolute Gasteiger partial charge is 0.386 e. The summed E-state index contributed by atoms with van der Waals surface area (Å²) in [7, 11) is -4.91. The second kappa shape index (κ2) is 5.85. The van der Waals surface area contributed by atoms with Crippen LogP contribution in [-0.2, 0) is 9.84 Å². The van der Waals surface area contributed by atoms with Crippen molar-refractivity contribution >= 4 is 21.2 Å². The quantitative estimate of drug-likeness (QED) is 0.477. The van der Waals surface area contributed by atoms with E-state index in [4.69, 9.17) is 0 Å². The molecule has 0 saturated carbocycles. The normalized spacial score (nSPS) is 17.0. The van der Waals surface area contributed by atoms with Gasteiger partial charge in [-0.25, -0.2) is 8.42 Å². The second-order valence-corrected chi connectivity index (χ2v) is 7.20. The number of β-amino-alcohol motifs (C(OH)–C–C–N with tert-alkyl or cyclic N) is 1. The first-order chi connectivity index (χ1) is 10.6. The van der Waals surface area contributed by atoms with Crippen LogP contribution in [0.2, 0.25) is 0 Å². The summed E-state index contributed by atoms with van der Waals surface area (Å²) in [6, 6.07) is 2.61. The third kappa shape index (κ3) is 3.17. The van der Waals surface area contributed by atoms with Crippen LogP contribution in [0.4, 0.5) is 20.2 Å². The summed E-state index contributed by atoms with van der Waals surface area (Å²) in [5.41, 5.74) is -1.59. The Morgan fingerprint density at radius 3 is 2.57 bits per heavy atom. The Labute approximate surface area is 130 Å². The van der Waals surface area contributed by atoms with Gasteiger partial charge in [0.2, 0.25) is 9.84 Å². The van der Waals surface area contributed by atoms with Crippen molar-refractivity contribution in [3.8, 4) is 0 Å². The topological polar surface area (TPSA) is 101 Å². The molecule has 1 N–H and O–H groups in total. The number of aliphatic hydroxyl groups is 1. The molecule has 0 atom stereocenters. The maximum Gasteiger partial charge on any atom is 0.341 e. The summed E-state index contributed by atoms with van der Waals surface area (Å²) in [4.78, 5) is 10.9. The van der Waals surface area contributed by atoms with Crippen LogP contribution in [0.3, 0.4) is 0 Å². The summed E-state index contributed by atoms with van der Waals surface area (Å²) in [5.74, 6) is -3.66. The molecule has 1 aromatic rings. The number of alkyl halides is 2. The van der Waals surface area contributed by atoms with Crippen LogP contribution in [0.1, 0.15) is 6.42 Å². The molecule has 0 radical (unpaired) electrons. The van der Waals surface area contributed by atoms with Gasteiger partial charge in [-0.1, -0.05) is 6.08 Å². The summed E-state index contributed by atoms with van der Waals surface area (Å²) >= 11 is 0. The molecular weight excluding hydrogens is 334 g/mol. The monoisotopic (exact) mass is 348 g/mol. The van der Waals surface area contributed by atoms with Crippen molar-refractivity contribution in [2.75, 3.05) is 18.0 Å². The average Bonchev–Trinajstić information content (AvgIpc) is 2.43. The number of halogens is 2. The molecule has 0 aliphatic carbocycles. The molecule has 7 nitrogen and oxygen atoms in total. The molecule has 126 valence electrons. The first kappa shape index (κ1) is 17.3. The van der Waals surface area contributed by atoms with Gasteiger partial charge in [-0.2, -0.15) is 8.78 Å². The first-order valence-electron chi connectivity index (χ1n) is 6.49. The number of hydrogen-bond donors (Lipinski definition) is 1. The van der Waals surface area contributed by atoms with Gasteiger partial charge in [0.1, 0.15) is 11.3 Å². The molecule has 2 rings (SSSR count). The Kier molecular flexibility index (Phi) is 4.40. The van der Waals surface area contributed by atoms with E-state index >= 15 is 0 Å². The number of sulfone groups is 1. The highest BCUT2D eigenvalue weighted by Crippen LogP contribution is 2.38. The van der Waals surface area contributed by atoms with Crippen LogP contribution in [-0.4, -0.2) is 42.9 Å². The van der Waals surface area contributed by atoms with Crippen molar-refractivity contribution in [2.45, 2.75) is 22.7 Å². The van der Waals surface area contributed by atoms with E-state index in [0.717, 1.165) is 12.1 Å². The van der Waals surface area contributed by atoms with E-state index in [1.807, 2.05) is 0 Å². The smallest absolute Gasteiger partial charge is 0.341 e. The molecule has 0 spiro atoms. The lowest BCUT2D eigenvalue weighted by Gasteiger charge is -2.47. The van der Waals surface area contributed by atoms with Crippen LogP contribution >= 0.6 is 0 Å². The number of benzene rings is 1. The van der Waals surface area contributed by atoms with E-state index in [-0.39, 0.29) is 18.8 Å². The van der Waals surface area contributed by atoms with Crippen LogP contribution in [0.15, 0.2) is 35.7 Å². The lowest BCUT2D eigenvalue weighted by molar-refractivity contribution is -0.384. The number of hydrogen-bond acceptors (Lipinski definition) is 6. The van der Waals surface area contributed by atoms with Crippen molar-refractivity contribution in [3.63, 3.8) is 0 Å². The highest BCUT2D eigenvalue weighted by Gasteiger charge is 2.42. The molecular formula is C13H14F2N2O5S. The Hall–Kier alpha value is -2.07. The van der Waals surface area contributed by atoms with Crippen LogP contribution < -0.4 is 4.90 Å². The summed E-state index contributed by atoms with van der Waals surface area (Å²) in [6.07, 6.45) is 1.82. The zero-order valence-electron chi connectivity index (χ0n) is 11.9. The zero-order chi connectivity index (χ0) is 17.4. The van der Waals surface area contributed by atoms with Gasteiger partial charge in [0.25, 0.3) is 5.69 Å². The van der Waals surface area contributed by atoms with Crippen molar-refractivity contribution < 1.29 is 27.2 Å². The molecule has 1 heterocycles. The first-order valence-corrected chi connectivity index (χ1v) is 8.04. The number of anilines is 1. The zero-order valence-corrected chi connectivity index (χ0v) is 12.7. The van der Waals surface area contributed by atoms with Crippen LogP contribution in [0.25, 0.3) is 0 Å². The number of nitrogens with zero attached hydrogens (tertiary/aromatic N) is 2. The Morgan fingerprint density at radius 1 is 1.48 bits per heavy atom. The summed E-state index contributed by atoms with van der Waals surface area (Å²) < 4.78 is 47.9. The van der Waals surface area contributed by atoms with E-state index in [1.165, 1.54) is 11.0 Å². The lowest BCUT2D eigenvalue weighted by atomic mass is 9.90. The number of nitro groups is 1. The van der Waals surface area contributed by atoms with Crippen molar-refractivity contribution in [1.29, 1.82) is 0 Å². The van der Waals surface area contributed by atoms with Crippen molar-refractivity contribution in [1.82, 2.24) is 0 Å². The third-order valence-corrected chi connectivity index (χ3v) is 4.92. The minimum atomic E-state index is -4.91. The molecule has 10 heteroatoms. The molecule has 1 aliphatic heterocycles. The third-order valence-electron chi connectivity index (χ3n) is 3.54. The van der Waals surface area contributed by atoms with E-state index in [2.05, 4.69) is 6.58 Å². The Bertz CT molecular complexity index is 745. The number of rotatable bonds is 6. The van der Waals surface area contributed by atoms with Gasteiger partial charge in [0, 0.05) is 19.2 Å². The summed E-state index contributed by atoms with van der Waals surface area (Å²) in [6.45, 7) is 3.70. The Morgan fingerprint density at radius 2 is 2.09 bits per heavy atom.